The van der Waals surface area contributed by atoms with Crippen LogP contribution in [0.2, 0.25) is 0 Å². The molecule has 1 heterocycles. The van der Waals surface area contributed by atoms with Crippen molar-refractivity contribution < 1.29 is 9.90 Å². The van der Waals surface area contributed by atoms with Crippen LogP contribution in [-0.4, -0.2) is 22.6 Å². The predicted octanol–water partition coefficient (Wildman–Crippen LogP) is 3.64. The number of carboxylic acid groups (broad SMARTS) is 1. The molecule has 0 aromatic carbocycles. The first kappa shape index (κ1) is 14.3. The van der Waals surface area contributed by atoms with Crippen molar-refractivity contribution in [2.45, 2.75) is 57.8 Å². The monoisotopic (exact) mass is 282 g/mol. The van der Waals surface area contributed by atoms with E-state index in [1.807, 2.05) is 0 Å². The minimum Gasteiger partial charge on any atom is -0.481 e. The van der Waals surface area contributed by atoms with Gasteiger partial charge in [0.25, 0.3) is 0 Å². The molecular weight excluding hydrogens is 260 g/mol. The molecule has 0 aliphatic heterocycles. The third-order valence-electron chi connectivity index (χ3n) is 3.56. The molecule has 1 aromatic heterocycles. The van der Waals surface area contributed by atoms with Crippen LogP contribution in [0.15, 0.2) is 0 Å². The molecule has 0 fully saturated rings. The second kappa shape index (κ2) is 6.89. The lowest BCUT2D eigenvalue weighted by Crippen LogP contribution is -2.17. The van der Waals surface area contributed by atoms with Crippen molar-refractivity contribution in [3.05, 3.63) is 10.6 Å². The molecule has 1 atom stereocenters. The summed E-state index contributed by atoms with van der Waals surface area (Å²) in [4.78, 5) is 16.9. The van der Waals surface area contributed by atoms with Crippen molar-refractivity contribution in [1.29, 1.82) is 0 Å². The number of rotatable bonds is 7. The molecule has 19 heavy (non-hydrogen) atoms. The van der Waals surface area contributed by atoms with Crippen LogP contribution in [0, 0.1) is 0 Å². The van der Waals surface area contributed by atoms with E-state index < -0.39 is 11.9 Å². The third-order valence-corrected chi connectivity index (χ3v) is 4.65. The van der Waals surface area contributed by atoms with Gasteiger partial charge in [0.1, 0.15) is 5.92 Å². The average molecular weight is 282 g/mol. The van der Waals surface area contributed by atoms with Crippen molar-refractivity contribution >= 4 is 22.4 Å². The number of unbranched alkanes of at least 4 members (excludes halogenated alkanes) is 3. The molecule has 0 saturated heterocycles. The molecule has 5 heteroatoms. The maximum atomic E-state index is 11.2. The van der Waals surface area contributed by atoms with E-state index in [9.17, 15) is 9.90 Å². The maximum absolute atomic E-state index is 11.2. The van der Waals surface area contributed by atoms with Crippen LogP contribution in [0.4, 0.5) is 5.13 Å². The topological polar surface area (TPSA) is 62.2 Å². The lowest BCUT2D eigenvalue weighted by Gasteiger charge is -2.16. The third kappa shape index (κ3) is 3.69. The van der Waals surface area contributed by atoms with Gasteiger partial charge in [-0.05, 0) is 25.7 Å². The maximum Gasteiger partial charge on any atom is 0.312 e. The van der Waals surface area contributed by atoms with Crippen LogP contribution in [0.5, 0.6) is 0 Å². The Morgan fingerprint density at radius 1 is 1.47 bits per heavy atom. The van der Waals surface area contributed by atoms with Gasteiger partial charge in [0, 0.05) is 11.4 Å². The van der Waals surface area contributed by atoms with E-state index in [0.29, 0.717) is 0 Å². The molecule has 1 aliphatic carbocycles. The summed E-state index contributed by atoms with van der Waals surface area (Å²) in [6, 6.07) is 0. The molecular formula is C14H22N2O2S. The summed E-state index contributed by atoms with van der Waals surface area (Å²) in [6.07, 6.45) is 7.58. The summed E-state index contributed by atoms with van der Waals surface area (Å²) in [5.74, 6) is -1.13. The van der Waals surface area contributed by atoms with Crippen molar-refractivity contribution in [2.24, 2.45) is 0 Å². The lowest BCUT2D eigenvalue weighted by atomic mass is 9.91. The number of carbonyl (C=O) groups is 1. The number of fused-ring (bicyclic) bond motifs is 1. The zero-order valence-electron chi connectivity index (χ0n) is 11.4. The van der Waals surface area contributed by atoms with Crippen molar-refractivity contribution in [2.75, 3.05) is 11.9 Å². The van der Waals surface area contributed by atoms with E-state index in [1.54, 1.807) is 11.3 Å². The summed E-state index contributed by atoms with van der Waals surface area (Å²) in [6.45, 7) is 3.14. The van der Waals surface area contributed by atoms with E-state index in [1.165, 1.54) is 19.3 Å². The van der Waals surface area contributed by atoms with E-state index in [-0.39, 0.29) is 0 Å². The molecule has 2 N–H and O–H groups in total. The Bertz CT molecular complexity index is 431. The minimum absolute atomic E-state index is 0.393. The molecule has 1 aromatic rings. The van der Waals surface area contributed by atoms with Crippen LogP contribution in [0.1, 0.15) is 61.9 Å². The van der Waals surface area contributed by atoms with Gasteiger partial charge in [-0.25, -0.2) is 4.98 Å². The fourth-order valence-electron chi connectivity index (χ4n) is 2.48. The number of hydrogen-bond donors (Lipinski definition) is 2. The normalized spacial score (nSPS) is 18.1. The number of aliphatic carboxylic acids is 1. The molecule has 0 spiro atoms. The van der Waals surface area contributed by atoms with Crippen molar-refractivity contribution in [3.8, 4) is 0 Å². The molecule has 2 rings (SSSR count). The van der Waals surface area contributed by atoms with Gasteiger partial charge in [0.15, 0.2) is 5.13 Å². The highest BCUT2D eigenvalue weighted by Crippen LogP contribution is 2.36. The van der Waals surface area contributed by atoms with Gasteiger partial charge in [-0.1, -0.05) is 26.2 Å². The first-order valence-corrected chi connectivity index (χ1v) is 8.00. The summed E-state index contributed by atoms with van der Waals surface area (Å²) in [5.41, 5.74) is 0.805. The SMILES string of the molecule is CCCCCCNc1nc2c(s1)CCCC2C(=O)O. The number of nitrogens with one attached hydrogen (secondary N) is 1. The Morgan fingerprint density at radius 3 is 3.05 bits per heavy atom. The predicted molar refractivity (Wildman–Crippen MR) is 78.1 cm³/mol. The number of aryl methyl sites for hydroxylation is 1. The van der Waals surface area contributed by atoms with Gasteiger partial charge in [-0.2, -0.15) is 0 Å². The highest BCUT2D eigenvalue weighted by Gasteiger charge is 2.29. The molecule has 1 unspecified atom stereocenters. The van der Waals surface area contributed by atoms with Crippen molar-refractivity contribution in [1.82, 2.24) is 4.98 Å². The van der Waals surface area contributed by atoms with Crippen LogP contribution >= 0.6 is 11.3 Å². The lowest BCUT2D eigenvalue weighted by molar-refractivity contribution is -0.139. The molecule has 0 radical (unpaired) electrons. The first-order chi connectivity index (χ1) is 9.22. The number of carboxylic acids is 1. The van der Waals surface area contributed by atoms with Crippen LogP contribution in [-0.2, 0) is 11.2 Å². The number of nitrogens with zero attached hydrogens (tertiary/aromatic N) is 1. The van der Waals surface area contributed by atoms with E-state index in [0.717, 1.165) is 47.9 Å². The Labute approximate surface area is 118 Å². The van der Waals surface area contributed by atoms with Gasteiger partial charge < -0.3 is 10.4 Å². The molecule has 4 nitrogen and oxygen atoms in total. The zero-order chi connectivity index (χ0) is 13.7. The average Bonchev–Trinajstić information content (AvgIpc) is 2.80. The molecule has 0 saturated carbocycles. The van der Waals surface area contributed by atoms with E-state index >= 15 is 0 Å². The number of thiazole rings is 1. The van der Waals surface area contributed by atoms with E-state index in [4.69, 9.17) is 0 Å². The number of hydrogen-bond acceptors (Lipinski definition) is 4. The van der Waals surface area contributed by atoms with Crippen molar-refractivity contribution in [3.63, 3.8) is 0 Å². The van der Waals surface area contributed by atoms with Gasteiger partial charge in [-0.15, -0.1) is 11.3 Å². The smallest absolute Gasteiger partial charge is 0.312 e. The Hall–Kier alpha value is -1.10. The van der Waals surface area contributed by atoms with Crippen LogP contribution < -0.4 is 5.32 Å². The van der Waals surface area contributed by atoms with Crippen LogP contribution in [0.25, 0.3) is 0 Å². The van der Waals surface area contributed by atoms with Gasteiger partial charge in [0.05, 0.1) is 5.69 Å². The van der Waals surface area contributed by atoms with Gasteiger partial charge in [-0.3, -0.25) is 4.79 Å². The fourth-order valence-corrected chi connectivity index (χ4v) is 3.57. The zero-order valence-corrected chi connectivity index (χ0v) is 12.3. The van der Waals surface area contributed by atoms with Gasteiger partial charge >= 0.3 is 5.97 Å². The highest BCUT2D eigenvalue weighted by molar-refractivity contribution is 7.15. The summed E-state index contributed by atoms with van der Waals surface area (Å²) in [7, 11) is 0. The molecule has 1 aliphatic rings. The highest BCUT2D eigenvalue weighted by atomic mass is 32.1. The van der Waals surface area contributed by atoms with Gasteiger partial charge in [0.2, 0.25) is 0 Å². The number of aromatic nitrogens is 1. The fraction of sp³-hybridized carbons (Fsp3) is 0.714. The standard InChI is InChI=1S/C14H22N2O2S/c1-2-3-4-5-9-15-14-16-12-10(13(17)18)7-6-8-11(12)19-14/h10H,2-9H2,1H3,(H,15,16)(H,17,18). The molecule has 106 valence electrons. The molecule has 0 bridgehead atoms. The Balaban J connectivity index is 1.91. The summed E-state index contributed by atoms with van der Waals surface area (Å²) in [5, 5.41) is 13.4. The molecule has 0 amide bonds. The quantitative estimate of drug-likeness (QED) is 0.749. The first-order valence-electron chi connectivity index (χ1n) is 7.18. The summed E-state index contributed by atoms with van der Waals surface area (Å²) < 4.78 is 0. The Morgan fingerprint density at radius 2 is 2.32 bits per heavy atom. The largest absolute Gasteiger partial charge is 0.481 e. The van der Waals surface area contributed by atoms with E-state index in [2.05, 4.69) is 17.2 Å². The second-order valence-electron chi connectivity index (χ2n) is 5.10. The summed E-state index contributed by atoms with van der Waals surface area (Å²) >= 11 is 1.63. The Kier molecular flexibility index (Phi) is 5.19. The minimum atomic E-state index is -0.735. The second-order valence-corrected chi connectivity index (χ2v) is 6.18. The van der Waals surface area contributed by atoms with Crippen LogP contribution in [0.3, 0.4) is 0 Å². The number of anilines is 1.